The van der Waals surface area contributed by atoms with Crippen LogP contribution in [-0.4, -0.2) is 29.7 Å². The number of carbonyl (C=O) groups excluding carboxylic acids is 2. The Balaban J connectivity index is 1.61. The van der Waals surface area contributed by atoms with Crippen LogP contribution in [0.2, 0.25) is 0 Å². The van der Waals surface area contributed by atoms with Crippen molar-refractivity contribution >= 4 is 17.5 Å². The molecule has 1 aliphatic rings. The quantitative estimate of drug-likeness (QED) is 0.482. The number of amides is 2. The zero-order valence-electron chi connectivity index (χ0n) is 14.4. The molecule has 0 saturated carbocycles. The van der Waals surface area contributed by atoms with Crippen molar-refractivity contribution in [3.63, 3.8) is 0 Å². The maximum absolute atomic E-state index is 12.5. The molecule has 136 valence electrons. The van der Waals surface area contributed by atoms with Crippen LogP contribution in [0.15, 0.2) is 42.5 Å². The number of hydrogen-bond donors (Lipinski definition) is 4. The fourth-order valence-corrected chi connectivity index (χ4v) is 2.81. The van der Waals surface area contributed by atoms with Gasteiger partial charge in [0.1, 0.15) is 5.75 Å². The minimum Gasteiger partial charge on any atom is -0.484 e. The smallest absolute Gasteiger partial charge is 0.281 e. The summed E-state index contributed by atoms with van der Waals surface area (Å²) in [5.41, 5.74) is 5.52. The molecule has 1 heterocycles. The molecule has 0 fully saturated rings. The fraction of sp³-hybridized carbons (Fsp3) is 0.263. The summed E-state index contributed by atoms with van der Waals surface area (Å²) < 4.78 is 5.31. The van der Waals surface area contributed by atoms with Crippen LogP contribution in [0.5, 0.6) is 5.75 Å². The fourth-order valence-electron chi connectivity index (χ4n) is 2.81. The van der Waals surface area contributed by atoms with Crippen LogP contribution in [-0.2, 0) is 22.6 Å². The van der Waals surface area contributed by atoms with Gasteiger partial charge >= 0.3 is 0 Å². The predicted octanol–water partition coefficient (Wildman–Crippen LogP) is 1.53. The van der Waals surface area contributed by atoms with Gasteiger partial charge in [-0.05, 0) is 48.7 Å². The molecule has 4 N–H and O–H groups in total. The number of hydroxylamine groups is 1. The molecule has 26 heavy (non-hydrogen) atoms. The predicted molar refractivity (Wildman–Crippen MR) is 96.0 cm³/mol. The number of aryl methyl sites for hydroxylation is 1. The highest BCUT2D eigenvalue weighted by atomic mass is 16.5. The van der Waals surface area contributed by atoms with Gasteiger partial charge < -0.3 is 15.4 Å². The molecule has 2 aromatic carbocycles. The summed E-state index contributed by atoms with van der Waals surface area (Å²) in [6, 6.07) is 12.9. The van der Waals surface area contributed by atoms with E-state index in [4.69, 9.17) is 9.94 Å². The summed E-state index contributed by atoms with van der Waals surface area (Å²) >= 11 is 0. The number of carbonyl (C=O) groups is 2. The molecule has 0 saturated heterocycles. The van der Waals surface area contributed by atoms with E-state index >= 15 is 0 Å². The molecule has 0 unspecified atom stereocenters. The molecule has 1 aliphatic heterocycles. The van der Waals surface area contributed by atoms with Gasteiger partial charge in [0.25, 0.3) is 5.91 Å². The van der Waals surface area contributed by atoms with Gasteiger partial charge in [-0.1, -0.05) is 23.8 Å². The van der Waals surface area contributed by atoms with Crippen molar-refractivity contribution in [3.05, 3.63) is 59.2 Å². The number of nitrogens with one attached hydrogen (secondary N) is 3. The Morgan fingerprint density at radius 2 is 1.96 bits per heavy atom. The molecule has 0 aromatic heterocycles. The molecule has 1 atom stereocenters. The average Bonchev–Trinajstić information content (AvgIpc) is 2.67. The lowest BCUT2D eigenvalue weighted by Gasteiger charge is -2.26. The van der Waals surface area contributed by atoms with Crippen molar-refractivity contribution in [2.75, 3.05) is 11.9 Å². The van der Waals surface area contributed by atoms with Gasteiger partial charge in [0.15, 0.2) is 6.61 Å². The first kappa shape index (κ1) is 17.9. The van der Waals surface area contributed by atoms with Crippen LogP contribution in [0.3, 0.4) is 0 Å². The molecule has 0 spiro atoms. The van der Waals surface area contributed by atoms with Crippen LogP contribution in [0, 0.1) is 6.92 Å². The summed E-state index contributed by atoms with van der Waals surface area (Å²) in [5.74, 6) is -0.148. The van der Waals surface area contributed by atoms with Crippen LogP contribution in [0.25, 0.3) is 0 Å². The molecule has 2 amide bonds. The monoisotopic (exact) mass is 355 g/mol. The van der Waals surface area contributed by atoms with E-state index in [1.807, 2.05) is 43.3 Å². The van der Waals surface area contributed by atoms with Crippen molar-refractivity contribution < 1.29 is 19.5 Å². The Morgan fingerprint density at radius 1 is 1.19 bits per heavy atom. The third kappa shape index (κ3) is 4.38. The molecule has 7 nitrogen and oxygen atoms in total. The van der Waals surface area contributed by atoms with Gasteiger partial charge in [-0.15, -0.1) is 0 Å². The van der Waals surface area contributed by atoms with Crippen molar-refractivity contribution in [2.45, 2.75) is 25.9 Å². The second-order valence-electron chi connectivity index (χ2n) is 6.25. The first-order valence-electron chi connectivity index (χ1n) is 8.33. The summed E-state index contributed by atoms with van der Waals surface area (Å²) in [4.78, 5) is 23.5. The van der Waals surface area contributed by atoms with Crippen molar-refractivity contribution in [1.82, 2.24) is 10.8 Å². The van der Waals surface area contributed by atoms with Gasteiger partial charge in [-0.25, -0.2) is 5.48 Å². The van der Waals surface area contributed by atoms with Crippen molar-refractivity contribution in [1.29, 1.82) is 0 Å². The molecule has 0 bridgehead atoms. The lowest BCUT2D eigenvalue weighted by atomic mass is 9.95. The van der Waals surface area contributed by atoms with E-state index in [1.165, 1.54) is 5.48 Å². The highest BCUT2D eigenvalue weighted by Crippen LogP contribution is 2.23. The van der Waals surface area contributed by atoms with Gasteiger partial charge in [-0.2, -0.15) is 0 Å². The Bertz CT molecular complexity index is 805. The number of rotatable bonds is 5. The normalized spacial score (nSPS) is 15.7. The van der Waals surface area contributed by atoms with E-state index in [9.17, 15) is 9.59 Å². The average molecular weight is 355 g/mol. The molecule has 0 aliphatic carbocycles. The highest BCUT2D eigenvalue weighted by molar-refractivity contribution is 5.95. The van der Waals surface area contributed by atoms with Crippen LogP contribution in [0.4, 0.5) is 5.69 Å². The van der Waals surface area contributed by atoms with E-state index in [1.54, 1.807) is 6.07 Å². The Labute approximate surface area is 151 Å². The van der Waals surface area contributed by atoms with E-state index in [-0.39, 0.29) is 18.6 Å². The van der Waals surface area contributed by atoms with Gasteiger partial charge in [0, 0.05) is 12.2 Å². The maximum Gasteiger partial charge on any atom is 0.281 e. The molecule has 3 rings (SSSR count). The topological polar surface area (TPSA) is 99.7 Å². The molecular formula is C19H21N3O4. The second-order valence-corrected chi connectivity index (χ2v) is 6.25. The zero-order valence-corrected chi connectivity index (χ0v) is 14.4. The Hall–Kier alpha value is -2.90. The maximum atomic E-state index is 12.5. The van der Waals surface area contributed by atoms with Crippen molar-refractivity contribution in [3.8, 4) is 5.75 Å². The van der Waals surface area contributed by atoms with E-state index < -0.39 is 5.91 Å². The van der Waals surface area contributed by atoms with Crippen molar-refractivity contribution in [2.24, 2.45) is 0 Å². The third-order valence-electron chi connectivity index (χ3n) is 4.27. The largest absolute Gasteiger partial charge is 0.484 e. The van der Waals surface area contributed by atoms with Gasteiger partial charge in [0.2, 0.25) is 5.91 Å². The third-order valence-corrected chi connectivity index (χ3v) is 4.27. The summed E-state index contributed by atoms with van der Waals surface area (Å²) in [6.07, 6.45) is 0.574. The van der Waals surface area contributed by atoms with Crippen LogP contribution < -0.4 is 20.9 Å². The molecule has 7 heteroatoms. The lowest BCUT2D eigenvalue weighted by Crippen LogP contribution is -2.44. The zero-order chi connectivity index (χ0) is 18.5. The van der Waals surface area contributed by atoms with Crippen LogP contribution >= 0.6 is 0 Å². The van der Waals surface area contributed by atoms with E-state index in [0.29, 0.717) is 18.7 Å². The second kappa shape index (κ2) is 7.99. The molecule has 0 radical (unpaired) electrons. The number of fused-ring (bicyclic) bond motifs is 1. The first-order valence-corrected chi connectivity index (χ1v) is 8.33. The number of hydrogen-bond acceptors (Lipinski definition) is 5. The number of anilines is 1. The minimum absolute atomic E-state index is 0.0700. The Morgan fingerprint density at radius 3 is 2.69 bits per heavy atom. The number of benzene rings is 2. The lowest BCUT2D eigenvalue weighted by molar-refractivity contribution is -0.131. The van der Waals surface area contributed by atoms with E-state index in [0.717, 1.165) is 22.4 Å². The molecule has 2 aromatic rings. The first-order chi connectivity index (χ1) is 12.5. The van der Waals surface area contributed by atoms with Gasteiger partial charge in [0.05, 0.1) is 6.04 Å². The minimum atomic E-state index is -0.617. The number of ether oxygens (including phenoxy) is 1. The molecular weight excluding hydrogens is 334 g/mol. The van der Waals surface area contributed by atoms with Crippen LogP contribution in [0.1, 0.15) is 16.7 Å². The standard InChI is InChI=1S/C19H21N3O4/c1-12-2-5-15(6-3-12)21-19(24)17-9-13-4-7-16(8-14(13)10-20-17)26-11-18(23)22-25/h2-8,17,20,25H,9-11H2,1H3,(H,21,24)(H,22,23)/t17-/m0/s1. The Kier molecular flexibility index (Phi) is 5.50. The van der Waals surface area contributed by atoms with Gasteiger partial charge in [-0.3, -0.25) is 14.8 Å². The highest BCUT2D eigenvalue weighted by Gasteiger charge is 2.24. The SMILES string of the molecule is Cc1ccc(NC(=O)[C@@H]2Cc3ccc(OCC(=O)NO)cc3CN2)cc1. The summed E-state index contributed by atoms with van der Waals surface area (Å²) in [5, 5.41) is 14.6. The van der Waals surface area contributed by atoms with E-state index in [2.05, 4.69) is 10.6 Å². The summed E-state index contributed by atoms with van der Waals surface area (Å²) in [6.45, 7) is 2.27. The summed E-state index contributed by atoms with van der Waals surface area (Å²) in [7, 11) is 0.